The summed E-state index contributed by atoms with van der Waals surface area (Å²) in [6, 6.07) is 0. The van der Waals surface area contributed by atoms with Crippen LogP contribution < -0.4 is 0 Å². The standard InChI is InChI=1S/C73H122O6/c1-4-7-10-13-16-19-22-25-28-31-33-34-35-36-37-38-40-42-45-48-51-54-57-60-63-66-72(75)78-69-70(68-77-71(74)65-62-59-56-53-50-47-44-41-30-27-24-21-18-15-12-9-6-3)79-73(76)67-64-61-58-55-52-49-46-43-39-32-29-26-23-20-17-14-11-8-5-2/h7,9-10,12,16,18-19,21,25,27-28,30,33-34,36-37,44,47,53,56,70H,4-6,8,11,13-15,17,20,22-24,26,29,31-32,35,38-43,45-46,48-52,54-55,57-69H2,1-3H3/b10-7-,12-9-,19-16-,21-18-,28-25-,30-27-,34-33-,37-36-,47-44-,56-53-. The van der Waals surface area contributed by atoms with Crippen molar-refractivity contribution in [2.24, 2.45) is 0 Å². The number of unbranched alkanes of at least 4 members (excludes halogenated alkanes) is 28. The molecule has 0 aliphatic carbocycles. The number of rotatable bonds is 59. The number of esters is 3. The first kappa shape index (κ1) is 74.8. The highest BCUT2D eigenvalue weighted by atomic mass is 16.6. The fourth-order valence-corrected chi connectivity index (χ4v) is 9.10. The minimum Gasteiger partial charge on any atom is -0.462 e. The molecule has 0 spiro atoms. The Hall–Kier alpha value is -4.19. The molecule has 1 unspecified atom stereocenters. The van der Waals surface area contributed by atoms with Crippen LogP contribution in [0.1, 0.15) is 303 Å². The van der Waals surface area contributed by atoms with Gasteiger partial charge < -0.3 is 14.2 Å². The van der Waals surface area contributed by atoms with Crippen LogP contribution in [0.4, 0.5) is 0 Å². The summed E-state index contributed by atoms with van der Waals surface area (Å²) in [6.45, 7) is 6.39. The molecule has 450 valence electrons. The molecule has 6 nitrogen and oxygen atoms in total. The molecule has 79 heavy (non-hydrogen) atoms. The fraction of sp³-hybridized carbons (Fsp3) is 0.685. The molecule has 0 aromatic heterocycles. The minimum atomic E-state index is -0.807. The van der Waals surface area contributed by atoms with E-state index in [-0.39, 0.29) is 37.5 Å². The van der Waals surface area contributed by atoms with Gasteiger partial charge >= 0.3 is 17.9 Å². The number of hydrogen-bond donors (Lipinski definition) is 0. The van der Waals surface area contributed by atoms with Gasteiger partial charge in [-0.25, -0.2) is 0 Å². The van der Waals surface area contributed by atoms with Crippen molar-refractivity contribution in [2.75, 3.05) is 13.2 Å². The molecule has 6 heteroatoms. The monoisotopic (exact) mass is 1090 g/mol. The normalized spacial score (nSPS) is 12.9. The molecule has 0 rings (SSSR count). The first-order valence-corrected chi connectivity index (χ1v) is 33.0. The Morgan fingerprint density at radius 3 is 0.823 bits per heavy atom. The van der Waals surface area contributed by atoms with Crippen LogP contribution in [0.3, 0.4) is 0 Å². The summed E-state index contributed by atoms with van der Waals surface area (Å²) in [5.41, 5.74) is 0. The highest BCUT2D eigenvalue weighted by Crippen LogP contribution is 2.17. The van der Waals surface area contributed by atoms with Crippen LogP contribution in [-0.4, -0.2) is 37.2 Å². The number of allylic oxidation sites excluding steroid dienone is 20. The van der Waals surface area contributed by atoms with Crippen molar-refractivity contribution in [1.82, 2.24) is 0 Å². The SMILES string of the molecule is CC/C=C\C/C=C\C/C=C\C/C=C\C/C=C\CCCCCCCCCCCC(=O)OCC(COC(=O)CCC/C=C\C/C=C\C/C=C\C/C=C\C/C=C\CC)OC(=O)CCCCCCCCCCCCCCCCCCCCC. The molecule has 0 radical (unpaired) electrons. The number of carbonyl (C=O) groups is 3. The molecule has 0 saturated heterocycles. The van der Waals surface area contributed by atoms with Crippen LogP contribution in [0, 0.1) is 0 Å². The second kappa shape index (κ2) is 66.3. The van der Waals surface area contributed by atoms with Gasteiger partial charge in [-0.3, -0.25) is 14.4 Å². The molecule has 0 saturated carbocycles. The smallest absolute Gasteiger partial charge is 0.306 e. The first-order chi connectivity index (χ1) is 39.0. The maximum atomic E-state index is 12.9. The molecule has 0 aliphatic heterocycles. The lowest BCUT2D eigenvalue weighted by Gasteiger charge is -2.18. The largest absolute Gasteiger partial charge is 0.462 e. The highest BCUT2D eigenvalue weighted by molar-refractivity contribution is 5.71. The van der Waals surface area contributed by atoms with Crippen LogP contribution in [0.2, 0.25) is 0 Å². The molecule has 1 atom stereocenters. The number of carbonyl (C=O) groups excluding carboxylic acids is 3. The predicted molar refractivity (Wildman–Crippen MR) is 343 cm³/mol. The minimum absolute atomic E-state index is 0.0990. The predicted octanol–water partition coefficient (Wildman–Crippen LogP) is 22.8. The van der Waals surface area contributed by atoms with Crippen LogP contribution in [-0.2, 0) is 28.6 Å². The Bertz CT molecular complexity index is 1640. The summed E-state index contributed by atoms with van der Waals surface area (Å²) in [6.07, 6.45) is 92.1. The van der Waals surface area contributed by atoms with Crippen molar-refractivity contribution in [3.8, 4) is 0 Å². The Morgan fingerprint density at radius 2 is 0.506 bits per heavy atom. The maximum Gasteiger partial charge on any atom is 0.306 e. The molecule has 0 aliphatic rings. The molecule has 0 fully saturated rings. The number of hydrogen-bond acceptors (Lipinski definition) is 6. The Balaban J connectivity index is 4.43. The molecule has 0 N–H and O–H groups in total. The van der Waals surface area contributed by atoms with E-state index in [1.54, 1.807) is 0 Å². The van der Waals surface area contributed by atoms with E-state index in [4.69, 9.17) is 14.2 Å². The Morgan fingerprint density at radius 1 is 0.266 bits per heavy atom. The van der Waals surface area contributed by atoms with Crippen molar-refractivity contribution in [1.29, 1.82) is 0 Å². The Kier molecular flexibility index (Phi) is 62.8. The van der Waals surface area contributed by atoms with E-state index in [0.717, 1.165) is 116 Å². The zero-order chi connectivity index (χ0) is 57.1. The molecule has 0 amide bonds. The Labute approximate surface area is 488 Å². The maximum absolute atomic E-state index is 12.9. The molecular formula is C73H122O6. The molecule has 0 aromatic rings. The van der Waals surface area contributed by atoms with E-state index in [1.807, 2.05) is 0 Å². The topological polar surface area (TPSA) is 78.9 Å². The van der Waals surface area contributed by atoms with E-state index in [0.29, 0.717) is 19.3 Å². The highest BCUT2D eigenvalue weighted by Gasteiger charge is 2.19. The van der Waals surface area contributed by atoms with Crippen LogP contribution >= 0.6 is 0 Å². The molecule has 0 bridgehead atoms. The zero-order valence-electron chi connectivity index (χ0n) is 51.6. The summed E-state index contributed by atoms with van der Waals surface area (Å²) < 4.78 is 16.9. The third-order valence-corrected chi connectivity index (χ3v) is 14.0. The lowest BCUT2D eigenvalue weighted by Crippen LogP contribution is -2.30. The fourth-order valence-electron chi connectivity index (χ4n) is 9.10. The quantitative estimate of drug-likeness (QED) is 0.0261. The third kappa shape index (κ3) is 64.5. The molecule has 0 aromatic carbocycles. The summed E-state index contributed by atoms with van der Waals surface area (Å²) in [4.78, 5) is 38.4. The van der Waals surface area contributed by atoms with Crippen LogP contribution in [0.5, 0.6) is 0 Å². The van der Waals surface area contributed by atoms with Gasteiger partial charge in [0.1, 0.15) is 13.2 Å². The van der Waals surface area contributed by atoms with E-state index in [9.17, 15) is 14.4 Å². The van der Waals surface area contributed by atoms with E-state index in [2.05, 4.69) is 142 Å². The van der Waals surface area contributed by atoms with E-state index in [1.165, 1.54) is 141 Å². The van der Waals surface area contributed by atoms with Crippen molar-refractivity contribution in [2.45, 2.75) is 309 Å². The average molecular weight is 1100 g/mol. The van der Waals surface area contributed by atoms with Gasteiger partial charge in [0.15, 0.2) is 6.10 Å². The van der Waals surface area contributed by atoms with Gasteiger partial charge in [-0.2, -0.15) is 0 Å². The van der Waals surface area contributed by atoms with Gasteiger partial charge in [0.05, 0.1) is 0 Å². The summed E-state index contributed by atoms with van der Waals surface area (Å²) in [5.74, 6) is -0.955. The lowest BCUT2D eigenvalue weighted by molar-refractivity contribution is -0.167. The zero-order valence-corrected chi connectivity index (χ0v) is 51.6. The van der Waals surface area contributed by atoms with Gasteiger partial charge in [0.25, 0.3) is 0 Å². The first-order valence-electron chi connectivity index (χ1n) is 33.0. The van der Waals surface area contributed by atoms with E-state index >= 15 is 0 Å². The van der Waals surface area contributed by atoms with Gasteiger partial charge in [-0.15, -0.1) is 0 Å². The van der Waals surface area contributed by atoms with Crippen molar-refractivity contribution in [3.63, 3.8) is 0 Å². The lowest BCUT2D eigenvalue weighted by atomic mass is 10.0. The van der Waals surface area contributed by atoms with Crippen molar-refractivity contribution >= 4 is 17.9 Å². The summed E-state index contributed by atoms with van der Waals surface area (Å²) in [7, 11) is 0. The van der Waals surface area contributed by atoms with Crippen molar-refractivity contribution in [3.05, 3.63) is 122 Å². The summed E-state index contributed by atoms with van der Waals surface area (Å²) in [5, 5.41) is 0. The van der Waals surface area contributed by atoms with Crippen molar-refractivity contribution < 1.29 is 28.6 Å². The second-order valence-electron chi connectivity index (χ2n) is 21.6. The molecular weight excluding hydrogens is 973 g/mol. The van der Waals surface area contributed by atoms with Gasteiger partial charge in [-0.05, 0) is 103 Å². The van der Waals surface area contributed by atoms with Gasteiger partial charge in [0.2, 0.25) is 0 Å². The third-order valence-electron chi connectivity index (χ3n) is 14.0. The second-order valence-corrected chi connectivity index (χ2v) is 21.6. The average Bonchev–Trinajstić information content (AvgIpc) is 3.45. The molecule has 0 heterocycles. The van der Waals surface area contributed by atoms with Gasteiger partial charge in [0, 0.05) is 19.3 Å². The van der Waals surface area contributed by atoms with Crippen LogP contribution in [0.25, 0.3) is 0 Å². The number of ether oxygens (including phenoxy) is 3. The summed E-state index contributed by atoms with van der Waals surface area (Å²) >= 11 is 0. The van der Waals surface area contributed by atoms with Gasteiger partial charge in [-0.1, -0.05) is 303 Å². The van der Waals surface area contributed by atoms with E-state index < -0.39 is 6.10 Å². The van der Waals surface area contributed by atoms with Crippen LogP contribution in [0.15, 0.2) is 122 Å².